The molecular weight excluding hydrogens is 304 g/mol. The molecule has 24 heavy (non-hydrogen) atoms. The summed E-state index contributed by atoms with van der Waals surface area (Å²) >= 11 is 0. The maximum atomic E-state index is 12.5. The van der Waals surface area contributed by atoms with E-state index >= 15 is 0 Å². The van der Waals surface area contributed by atoms with Crippen molar-refractivity contribution < 1.29 is 9.21 Å². The smallest absolute Gasteiger partial charge is 0.249 e. The normalized spacial score (nSPS) is 11.0. The van der Waals surface area contributed by atoms with Crippen molar-refractivity contribution in [2.45, 2.75) is 0 Å². The number of nitrogens with zero attached hydrogens (tertiary/aromatic N) is 1. The second-order valence-electron chi connectivity index (χ2n) is 5.41. The molecule has 0 unspecified atom stereocenters. The Morgan fingerprint density at radius 3 is 2.54 bits per heavy atom. The van der Waals surface area contributed by atoms with Gasteiger partial charge in [0.2, 0.25) is 5.91 Å². The molecule has 1 amide bonds. The van der Waals surface area contributed by atoms with E-state index in [4.69, 9.17) is 10.2 Å². The van der Waals surface area contributed by atoms with E-state index in [0.717, 1.165) is 0 Å². The van der Waals surface area contributed by atoms with E-state index < -0.39 is 5.91 Å². The van der Waals surface area contributed by atoms with Crippen LogP contribution in [0.2, 0.25) is 0 Å². The van der Waals surface area contributed by atoms with Crippen LogP contribution < -0.4 is 11.2 Å². The molecule has 4 rings (SSSR count). The molecule has 2 aromatic rings. The third kappa shape index (κ3) is 2.23. The third-order valence-corrected chi connectivity index (χ3v) is 3.87. The monoisotopic (exact) mass is 316 g/mol. The summed E-state index contributed by atoms with van der Waals surface area (Å²) in [6.07, 6.45) is 0. The summed E-state index contributed by atoms with van der Waals surface area (Å²) in [5.74, 6) is -0.180. The molecule has 5 nitrogen and oxygen atoms in total. The first-order valence-corrected chi connectivity index (χ1v) is 7.36. The molecule has 5 heteroatoms. The fourth-order valence-corrected chi connectivity index (χ4v) is 2.75. The molecular formula is C19H12N2O3. The fourth-order valence-electron chi connectivity index (χ4n) is 2.75. The van der Waals surface area contributed by atoms with Crippen LogP contribution in [0.3, 0.4) is 0 Å². The summed E-state index contributed by atoms with van der Waals surface area (Å²) in [4.78, 5) is 28.7. The highest BCUT2D eigenvalue weighted by Gasteiger charge is 2.17. The summed E-state index contributed by atoms with van der Waals surface area (Å²) < 4.78 is 5.74. The van der Waals surface area contributed by atoms with Crippen LogP contribution in [0, 0.1) is 0 Å². The lowest BCUT2D eigenvalue weighted by atomic mass is 9.97. The lowest BCUT2D eigenvalue weighted by Gasteiger charge is -2.10. The molecule has 0 saturated carbocycles. The summed E-state index contributed by atoms with van der Waals surface area (Å²) in [6.45, 7) is 0. The molecule has 0 saturated heterocycles. The van der Waals surface area contributed by atoms with Crippen LogP contribution >= 0.6 is 0 Å². The molecule has 2 N–H and O–H groups in total. The van der Waals surface area contributed by atoms with E-state index in [0.29, 0.717) is 39.2 Å². The maximum absolute atomic E-state index is 12.5. The molecule has 1 aliphatic heterocycles. The van der Waals surface area contributed by atoms with Crippen LogP contribution in [0.5, 0.6) is 0 Å². The molecule has 0 bridgehead atoms. The zero-order valence-electron chi connectivity index (χ0n) is 12.5. The highest BCUT2D eigenvalue weighted by Crippen LogP contribution is 2.28. The number of rotatable bonds is 2. The largest absolute Gasteiger partial charge is 0.453 e. The zero-order valence-corrected chi connectivity index (χ0v) is 12.5. The summed E-state index contributed by atoms with van der Waals surface area (Å²) in [7, 11) is 0. The molecule has 2 aliphatic rings. The number of primary amides is 1. The van der Waals surface area contributed by atoms with Gasteiger partial charge in [-0.2, -0.15) is 0 Å². The Kier molecular flexibility index (Phi) is 3.13. The number of amides is 1. The summed E-state index contributed by atoms with van der Waals surface area (Å²) in [5, 5.41) is 0. The van der Waals surface area contributed by atoms with Gasteiger partial charge in [-0.15, -0.1) is 0 Å². The first-order chi connectivity index (χ1) is 11.6. The molecule has 0 atom stereocenters. The minimum Gasteiger partial charge on any atom is -0.453 e. The van der Waals surface area contributed by atoms with E-state index in [2.05, 4.69) is 4.98 Å². The van der Waals surface area contributed by atoms with Gasteiger partial charge in [-0.25, -0.2) is 4.98 Å². The van der Waals surface area contributed by atoms with Crippen molar-refractivity contribution in [3.05, 3.63) is 76.5 Å². The van der Waals surface area contributed by atoms with Gasteiger partial charge in [-0.3, -0.25) is 9.59 Å². The Balaban J connectivity index is 2.03. The zero-order chi connectivity index (χ0) is 16.7. The van der Waals surface area contributed by atoms with E-state index in [1.165, 1.54) is 6.07 Å². The van der Waals surface area contributed by atoms with Crippen LogP contribution in [0.1, 0.15) is 10.4 Å². The predicted molar refractivity (Wildman–Crippen MR) is 90.9 cm³/mol. The van der Waals surface area contributed by atoms with Crippen LogP contribution in [-0.4, -0.2) is 10.9 Å². The van der Waals surface area contributed by atoms with Crippen molar-refractivity contribution in [2.75, 3.05) is 0 Å². The lowest BCUT2D eigenvalue weighted by Crippen LogP contribution is -2.14. The van der Waals surface area contributed by atoms with Gasteiger partial charge in [0.25, 0.3) is 0 Å². The van der Waals surface area contributed by atoms with Gasteiger partial charge >= 0.3 is 0 Å². The first kappa shape index (κ1) is 14.1. The summed E-state index contributed by atoms with van der Waals surface area (Å²) in [5.41, 5.74) is 8.16. The number of benzene rings is 3. The first-order valence-electron chi connectivity index (χ1n) is 7.36. The van der Waals surface area contributed by atoms with Crippen molar-refractivity contribution >= 4 is 17.0 Å². The lowest BCUT2D eigenvalue weighted by molar-refractivity contribution is 0.100. The third-order valence-electron chi connectivity index (χ3n) is 3.87. The Hall–Kier alpha value is -3.47. The van der Waals surface area contributed by atoms with Gasteiger partial charge in [-0.1, -0.05) is 30.3 Å². The minimum atomic E-state index is -0.582. The SMILES string of the molecule is NC(=O)c1ccccc1-c1cc2nc3ccccc3oc-2cc1=O. The van der Waals surface area contributed by atoms with Crippen molar-refractivity contribution in [1.29, 1.82) is 0 Å². The van der Waals surface area contributed by atoms with Gasteiger partial charge in [0.05, 0.1) is 0 Å². The number of hydrogen-bond acceptors (Lipinski definition) is 4. The molecule has 0 spiro atoms. The fraction of sp³-hybridized carbons (Fsp3) is 0. The Morgan fingerprint density at radius 2 is 1.71 bits per heavy atom. The van der Waals surface area contributed by atoms with Gasteiger partial charge < -0.3 is 10.2 Å². The minimum absolute atomic E-state index is 0.253. The Bertz CT molecular complexity index is 1110. The number of fused-ring (bicyclic) bond motifs is 2. The topological polar surface area (TPSA) is 86.2 Å². The molecule has 0 fully saturated rings. The van der Waals surface area contributed by atoms with Crippen LogP contribution in [0.25, 0.3) is 33.7 Å². The van der Waals surface area contributed by atoms with Crippen LogP contribution in [-0.2, 0) is 0 Å². The molecule has 1 heterocycles. The molecule has 2 aromatic carbocycles. The number of aromatic nitrogens is 1. The highest BCUT2D eigenvalue weighted by atomic mass is 16.3. The molecule has 0 radical (unpaired) electrons. The average molecular weight is 316 g/mol. The second kappa shape index (κ2) is 5.31. The van der Waals surface area contributed by atoms with E-state index in [1.54, 1.807) is 36.4 Å². The van der Waals surface area contributed by atoms with Gasteiger partial charge in [-0.05, 0) is 29.8 Å². The summed E-state index contributed by atoms with van der Waals surface area (Å²) in [6, 6.07) is 17.1. The van der Waals surface area contributed by atoms with Gasteiger partial charge in [0.15, 0.2) is 16.8 Å². The maximum Gasteiger partial charge on any atom is 0.249 e. The molecule has 1 aliphatic carbocycles. The number of carbonyl (C=O) groups is 1. The van der Waals surface area contributed by atoms with Crippen LogP contribution in [0.15, 0.2) is 69.9 Å². The van der Waals surface area contributed by atoms with Crippen molar-refractivity contribution in [1.82, 2.24) is 4.98 Å². The van der Waals surface area contributed by atoms with Gasteiger partial charge in [0, 0.05) is 17.2 Å². The quantitative estimate of drug-likeness (QED) is 0.576. The van der Waals surface area contributed by atoms with E-state index in [1.807, 2.05) is 18.2 Å². The number of para-hydroxylation sites is 2. The van der Waals surface area contributed by atoms with E-state index in [9.17, 15) is 9.59 Å². The second-order valence-corrected chi connectivity index (χ2v) is 5.41. The highest BCUT2D eigenvalue weighted by molar-refractivity contribution is 6.00. The predicted octanol–water partition coefficient (Wildman–Crippen LogP) is 3.06. The van der Waals surface area contributed by atoms with Crippen molar-refractivity contribution in [3.8, 4) is 22.6 Å². The molecule has 116 valence electrons. The molecule has 0 aromatic heterocycles. The van der Waals surface area contributed by atoms with E-state index in [-0.39, 0.29) is 5.43 Å². The van der Waals surface area contributed by atoms with Crippen molar-refractivity contribution in [3.63, 3.8) is 0 Å². The number of hydrogen-bond donors (Lipinski definition) is 1. The van der Waals surface area contributed by atoms with Gasteiger partial charge in [0.1, 0.15) is 11.2 Å². The van der Waals surface area contributed by atoms with Crippen LogP contribution in [0.4, 0.5) is 0 Å². The Morgan fingerprint density at radius 1 is 0.958 bits per heavy atom. The Labute approximate surface area is 136 Å². The van der Waals surface area contributed by atoms with Crippen molar-refractivity contribution in [2.24, 2.45) is 5.73 Å². The number of nitrogens with two attached hydrogens (primary N) is 1. The number of carbonyl (C=O) groups excluding carboxylic acids is 1. The standard InChI is InChI=1S/C19H12N2O3/c20-19(23)12-6-2-1-5-11(12)13-9-15-18(10-16(13)22)24-17-8-4-3-7-14(17)21-15/h1-10H,(H2,20,23). The average Bonchev–Trinajstić information content (AvgIpc) is 2.59.